The molecule has 25 nitrogen and oxygen atoms in total. The van der Waals surface area contributed by atoms with Crippen molar-refractivity contribution in [2.24, 2.45) is 17.6 Å². The number of carbonyl (C=O) groups is 10. The third-order valence-electron chi connectivity index (χ3n) is 12.6. The van der Waals surface area contributed by atoms with E-state index in [1.807, 2.05) is 13.8 Å². The van der Waals surface area contributed by atoms with Gasteiger partial charge in [-0.15, -0.1) is 0 Å². The van der Waals surface area contributed by atoms with E-state index in [4.69, 9.17) is 5.73 Å². The molecule has 1 aromatic rings. The van der Waals surface area contributed by atoms with Crippen molar-refractivity contribution in [2.45, 2.75) is 159 Å². The molecule has 3 fully saturated rings. The second-order valence-electron chi connectivity index (χ2n) is 18.7. The minimum Gasteiger partial charge on any atom is -0.481 e. The standard InChI is InChI=1S/C44H69N11O14/c1-22(2)17-28(44(68)69)50-40(64)35(23(3)4)52-39(63)32-11-7-15-54(32)42(66)27(18-25-19-46-21-47-25)49-37(61)30-9-6-14-53(30)41(65)26(12-13-33(58)59)48-36(60)29(20-56)51-38(62)31-10-8-16-55(31)43(67)34(45)24(5)57/h19,21-24,26-32,34-35,56-57H,6-18,20,45H2,1-5H3,(H,46,47)(H,48,60)(H,49,61)(H,50,64)(H,51,62)(H,52,63)(H,58,59)(H,68,69)/t24-,26+,27+,28+,29+,30+,31+,32+,34+,35+/m1/s1. The van der Waals surface area contributed by atoms with Crippen LogP contribution < -0.4 is 32.3 Å². The maximum Gasteiger partial charge on any atom is 0.326 e. The van der Waals surface area contributed by atoms with Gasteiger partial charge in [0.15, 0.2) is 0 Å². The molecular weight excluding hydrogens is 907 g/mol. The summed E-state index contributed by atoms with van der Waals surface area (Å²) in [4.78, 5) is 144. The lowest BCUT2D eigenvalue weighted by molar-refractivity contribution is -0.145. The van der Waals surface area contributed by atoms with Gasteiger partial charge in [-0.3, -0.25) is 43.2 Å². The minimum absolute atomic E-state index is 0.000523. The Morgan fingerprint density at radius 1 is 0.696 bits per heavy atom. The molecule has 0 saturated carbocycles. The maximum atomic E-state index is 14.5. The molecule has 0 bridgehead atoms. The van der Waals surface area contributed by atoms with E-state index in [1.54, 1.807) is 13.8 Å². The summed E-state index contributed by atoms with van der Waals surface area (Å²) >= 11 is 0. The van der Waals surface area contributed by atoms with E-state index >= 15 is 0 Å². The number of nitrogens with one attached hydrogen (secondary N) is 6. The van der Waals surface area contributed by atoms with Gasteiger partial charge in [-0.2, -0.15) is 0 Å². The molecule has 1 aromatic heterocycles. The third-order valence-corrected chi connectivity index (χ3v) is 12.6. The first kappa shape index (κ1) is 55.4. The molecule has 0 radical (unpaired) electrons. The van der Waals surface area contributed by atoms with Gasteiger partial charge in [0, 0.05) is 44.4 Å². The number of nitrogens with two attached hydrogens (primary N) is 1. The monoisotopic (exact) mass is 976 g/mol. The Labute approximate surface area is 399 Å². The summed E-state index contributed by atoms with van der Waals surface area (Å²) < 4.78 is 0. The van der Waals surface area contributed by atoms with Gasteiger partial charge in [-0.05, 0) is 70.1 Å². The van der Waals surface area contributed by atoms with E-state index in [9.17, 15) is 68.4 Å². The van der Waals surface area contributed by atoms with Gasteiger partial charge < -0.3 is 72.4 Å². The maximum absolute atomic E-state index is 14.5. The quantitative estimate of drug-likeness (QED) is 0.0483. The summed E-state index contributed by atoms with van der Waals surface area (Å²) in [6.45, 7) is 7.60. The molecule has 8 amide bonds. The highest BCUT2D eigenvalue weighted by atomic mass is 16.4. The number of hydrogen-bond acceptors (Lipinski definition) is 14. The number of hydrogen-bond donors (Lipinski definition) is 11. The zero-order valence-corrected chi connectivity index (χ0v) is 39.7. The summed E-state index contributed by atoms with van der Waals surface area (Å²) in [5, 5.41) is 52.0. The molecule has 69 heavy (non-hydrogen) atoms. The molecule has 0 spiro atoms. The van der Waals surface area contributed by atoms with Crippen LogP contribution in [0.1, 0.15) is 98.1 Å². The average Bonchev–Trinajstić information content (AvgIpc) is 4.15. The van der Waals surface area contributed by atoms with Gasteiger partial charge in [0.05, 0.1) is 19.0 Å². The van der Waals surface area contributed by atoms with E-state index in [0.717, 1.165) is 4.90 Å². The Morgan fingerprint density at radius 3 is 1.64 bits per heavy atom. The van der Waals surface area contributed by atoms with Crippen molar-refractivity contribution in [3.05, 3.63) is 18.2 Å². The average molecular weight is 976 g/mol. The van der Waals surface area contributed by atoms with Crippen molar-refractivity contribution in [2.75, 3.05) is 26.2 Å². The van der Waals surface area contributed by atoms with Crippen LogP contribution in [0.25, 0.3) is 0 Å². The molecule has 3 aliphatic heterocycles. The highest BCUT2D eigenvalue weighted by molar-refractivity contribution is 5.98. The molecule has 10 atom stereocenters. The molecule has 3 saturated heterocycles. The van der Waals surface area contributed by atoms with Gasteiger partial charge in [0.1, 0.15) is 54.4 Å². The van der Waals surface area contributed by atoms with Crippen LogP contribution in [-0.2, 0) is 54.4 Å². The summed E-state index contributed by atoms with van der Waals surface area (Å²) in [6.07, 6.45) is 2.22. The zero-order chi connectivity index (χ0) is 51.3. The molecule has 0 aliphatic carbocycles. The Balaban J connectivity index is 1.49. The fourth-order valence-electron chi connectivity index (χ4n) is 8.79. The number of nitrogens with zero attached hydrogens (tertiary/aromatic N) is 4. The van der Waals surface area contributed by atoms with Gasteiger partial charge in [0.2, 0.25) is 47.3 Å². The van der Waals surface area contributed by atoms with Gasteiger partial charge in [-0.25, -0.2) is 9.78 Å². The van der Waals surface area contributed by atoms with Crippen LogP contribution in [0.3, 0.4) is 0 Å². The lowest BCUT2D eigenvalue weighted by Gasteiger charge is -2.32. The Kier molecular flexibility index (Phi) is 20.4. The topological polar surface area (TPSA) is 376 Å². The molecule has 0 aromatic carbocycles. The fraction of sp³-hybridized carbons (Fsp3) is 0.705. The molecule has 4 rings (SSSR count). The summed E-state index contributed by atoms with van der Waals surface area (Å²) in [5.74, 6) is -9.24. The number of aliphatic hydroxyl groups excluding tert-OH is 2. The first-order valence-corrected chi connectivity index (χ1v) is 23.5. The Bertz CT molecular complexity index is 2020. The first-order chi connectivity index (χ1) is 32.5. The molecule has 384 valence electrons. The summed E-state index contributed by atoms with van der Waals surface area (Å²) in [7, 11) is 0. The lowest BCUT2D eigenvalue weighted by atomic mass is 10.00. The molecule has 0 unspecified atom stereocenters. The Morgan fingerprint density at radius 2 is 1.19 bits per heavy atom. The smallest absolute Gasteiger partial charge is 0.326 e. The van der Waals surface area contributed by atoms with Crippen LogP contribution >= 0.6 is 0 Å². The van der Waals surface area contributed by atoms with Crippen LogP contribution in [0.5, 0.6) is 0 Å². The van der Waals surface area contributed by atoms with Crippen LogP contribution in [0, 0.1) is 11.8 Å². The highest BCUT2D eigenvalue weighted by Gasteiger charge is 2.44. The van der Waals surface area contributed by atoms with Crippen molar-refractivity contribution in [1.29, 1.82) is 0 Å². The van der Waals surface area contributed by atoms with Crippen LogP contribution in [0.15, 0.2) is 12.5 Å². The van der Waals surface area contributed by atoms with Crippen molar-refractivity contribution >= 4 is 59.2 Å². The van der Waals surface area contributed by atoms with Gasteiger partial charge >= 0.3 is 11.9 Å². The second-order valence-corrected chi connectivity index (χ2v) is 18.7. The number of carbonyl (C=O) groups excluding carboxylic acids is 8. The van der Waals surface area contributed by atoms with E-state index < -0.39 is 145 Å². The van der Waals surface area contributed by atoms with Crippen molar-refractivity contribution < 1.29 is 68.4 Å². The number of aromatic nitrogens is 2. The van der Waals surface area contributed by atoms with Gasteiger partial charge in [-0.1, -0.05) is 27.7 Å². The number of carboxylic acid groups (broad SMARTS) is 2. The first-order valence-electron chi connectivity index (χ1n) is 23.5. The SMILES string of the molecule is CC(C)C[C@H](NC(=O)[C@@H](NC(=O)[C@@H]1CCCN1C(=O)[C@H](Cc1cnc[nH]1)NC(=O)[C@@H]1CCCN1C(=O)[C@H](CCC(=O)O)NC(=O)[C@H](CO)NC(=O)[C@@H]1CCCN1C(=O)[C@@H](N)[C@@H](C)O)C(C)C)C(=O)O. The predicted octanol–water partition coefficient (Wildman–Crippen LogP) is -3.30. The van der Waals surface area contributed by atoms with E-state index in [0.29, 0.717) is 25.0 Å². The van der Waals surface area contributed by atoms with Crippen LogP contribution in [0.2, 0.25) is 0 Å². The number of amides is 8. The number of carboxylic acids is 2. The number of rotatable bonds is 24. The lowest BCUT2D eigenvalue weighted by Crippen LogP contribution is -2.61. The fourth-order valence-corrected chi connectivity index (χ4v) is 8.79. The molecule has 12 N–H and O–H groups in total. The summed E-state index contributed by atoms with van der Waals surface area (Å²) in [6, 6.07) is -11.5. The second kappa shape index (κ2) is 25.4. The predicted molar refractivity (Wildman–Crippen MR) is 242 cm³/mol. The molecule has 4 heterocycles. The largest absolute Gasteiger partial charge is 0.481 e. The third kappa shape index (κ3) is 14.9. The van der Waals surface area contributed by atoms with Crippen molar-refractivity contribution in [1.82, 2.24) is 51.3 Å². The van der Waals surface area contributed by atoms with E-state index in [1.165, 1.54) is 29.2 Å². The van der Waals surface area contributed by atoms with E-state index in [-0.39, 0.29) is 57.7 Å². The number of aliphatic carboxylic acids is 2. The number of H-pyrrole nitrogens is 1. The minimum atomic E-state index is -1.66. The van der Waals surface area contributed by atoms with E-state index in [2.05, 4.69) is 36.6 Å². The van der Waals surface area contributed by atoms with Crippen molar-refractivity contribution in [3.8, 4) is 0 Å². The highest BCUT2D eigenvalue weighted by Crippen LogP contribution is 2.24. The number of imidazole rings is 1. The molecule has 25 heteroatoms. The van der Waals surface area contributed by atoms with Crippen LogP contribution in [0.4, 0.5) is 0 Å². The number of aromatic amines is 1. The zero-order valence-electron chi connectivity index (χ0n) is 39.7. The van der Waals surface area contributed by atoms with Gasteiger partial charge in [0.25, 0.3) is 0 Å². The van der Waals surface area contributed by atoms with Crippen molar-refractivity contribution in [3.63, 3.8) is 0 Å². The molecular formula is C44H69N11O14. The number of likely N-dealkylation sites (tertiary alicyclic amines) is 3. The van der Waals surface area contributed by atoms with Crippen LogP contribution in [-0.4, -0.2) is 191 Å². The Hall–Kier alpha value is -6.21. The summed E-state index contributed by atoms with van der Waals surface area (Å²) in [5.41, 5.74) is 6.25. The normalized spacial score (nSPS) is 21.1. The number of aliphatic hydroxyl groups is 2. The molecule has 3 aliphatic rings.